The highest BCUT2D eigenvalue weighted by molar-refractivity contribution is 5.85. The fraction of sp³-hybridized carbons (Fsp3) is 0.176. The highest BCUT2D eigenvalue weighted by atomic mass is 16.5. The van der Waals surface area contributed by atoms with Crippen molar-refractivity contribution in [2.75, 3.05) is 0 Å². The zero-order valence-corrected chi connectivity index (χ0v) is 11.6. The number of aromatic hydroxyl groups is 1. The molecule has 3 aromatic rings. The van der Waals surface area contributed by atoms with Crippen LogP contribution in [0.1, 0.15) is 11.1 Å². The largest absolute Gasteiger partial charge is 0.508 e. The fourth-order valence-corrected chi connectivity index (χ4v) is 2.44. The Morgan fingerprint density at radius 3 is 2.80 bits per heavy atom. The van der Waals surface area contributed by atoms with Crippen LogP contribution in [0.5, 0.6) is 11.5 Å². The van der Waals surface area contributed by atoms with Crippen molar-refractivity contribution in [2.24, 2.45) is 7.05 Å². The van der Waals surface area contributed by atoms with E-state index in [1.54, 1.807) is 12.1 Å². The highest BCUT2D eigenvalue weighted by Crippen LogP contribution is 2.26. The van der Waals surface area contributed by atoms with Gasteiger partial charge in [-0.15, -0.1) is 0 Å². The Bertz CT molecular complexity index is 759. The van der Waals surface area contributed by atoms with E-state index in [9.17, 15) is 5.11 Å². The summed E-state index contributed by atoms with van der Waals surface area (Å²) in [5, 5.41) is 10.7. The van der Waals surface area contributed by atoms with E-state index < -0.39 is 0 Å². The second kappa shape index (κ2) is 4.93. The molecule has 2 aromatic carbocycles. The minimum Gasteiger partial charge on any atom is -0.508 e. The molecule has 1 N–H and O–H groups in total. The molecule has 0 bridgehead atoms. The lowest BCUT2D eigenvalue weighted by atomic mass is 10.2. The summed E-state index contributed by atoms with van der Waals surface area (Å²) >= 11 is 0. The predicted molar refractivity (Wildman–Crippen MR) is 80.1 cm³/mol. The van der Waals surface area contributed by atoms with Crippen molar-refractivity contribution >= 4 is 10.9 Å². The van der Waals surface area contributed by atoms with E-state index in [1.807, 2.05) is 55.1 Å². The fourth-order valence-electron chi connectivity index (χ4n) is 2.44. The average Bonchev–Trinajstić information content (AvgIpc) is 2.73. The summed E-state index contributed by atoms with van der Waals surface area (Å²) in [7, 11) is 2.00. The van der Waals surface area contributed by atoms with Gasteiger partial charge in [0.1, 0.15) is 18.1 Å². The van der Waals surface area contributed by atoms with Gasteiger partial charge in [0, 0.05) is 29.7 Å². The van der Waals surface area contributed by atoms with Crippen LogP contribution in [0.4, 0.5) is 0 Å². The van der Waals surface area contributed by atoms with Crippen LogP contribution in [-0.2, 0) is 13.7 Å². The van der Waals surface area contributed by atoms with Gasteiger partial charge in [0.05, 0.1) is 0 Å². The van der Waals surface area contributed by atoms with Crippen LogP contribution < -0.4 is 4.74 Å². The van der Waals surface area contributed by atoms with Crippen molar-refractivity contribution in [1.29, 1.82) is 0 Å². The molecule has 3 heteroatoms. The first kappa shape index (κ1) is 12.6. The Kier molecular flexibility index (Phi) is 3.11. The Hall–Kier alpha value is -2.42. The summed E-state index contributed by atoms with van der Waals surface area (Å²) in [5.41, 5.74) is 3.34. The number of phenols is 1. The van der Waals surface area contributed by atoms with Gasteiger partial charge in [-0.3, -0.25) is 0 Å². The lowest BCUT2D eigenvalue weighted by molar-refractivity contribution is 0.307. The van der Waals surface area contributed by atoms with Gasteiger partial charge in [0.2, 0.25) is 0 Å². The van der Waals surface area contributed by atoms with Crippen molar-refractivity contribution in [1.82, 2.24) is 4.57 Å². The number of rotatable bonds is 3. The standard InChI is InChI=1S/C17H17NO2/c1-12-4-3-5-15(8-12)20-11-13-10-18(2)17-7-6-14(19)9-16(13)17/h3-10,19H,11H2,1-2H3. The minimum atomic E-state index is 0.278. The third-order valence-electron chi connectivity index (χ3n) is 3.44. The molecule has 0 radical (unpaired) electrons. The van der Waals surface area contributed by atoms with Crippen molar-refractivity contribution in [2.45, 2.75) is 13.5 Å². The lowest BCUT2D eigenvalue weighted by Crippen LogP contribution is -1.94. The van der Waals surface area contributed by atoms with Gasteiger partial charge in [0.15, 0.2) is 0 Å². The summed E-state index contributed by atoms with van der Waals surface area (Å²) in [5.74, 6) is 1.14. The van der Waals surface area contributed by atoms with Crippen molar-refractivity contribution in [3.8, 4) is 11.5 Å². The van der Waals surface area contributed by atoms with Crippen molar-refractivity contribution in [3.05, 3.63) is 59.8 Å². The summed E-state index contributed by atoms with van der Waals surface area (Å²) in [6.45, 7) is 2.53. The molecule has 0 unspecified atom stereocenters. The van der Waals surface area contributed by atoms with E-state index in [0.717, 1.165) is 22.2 Å². The molecule has 20 heavy (non-hydrogen) atoms. The van der Waals surface area contributed by atoms with Crippen LogP contribution >= 0.6 is 0 Å². The minimum absolute atomic E-state index is 0.278. The van der Waals surface area contributed by atoms with Gasteiger partial charge < -0.3 is 14.4 Å². The summed E-state index contributed by atoms with van der Waals surface area (Å²) in [6.07, 6.45) is 2.04. The Balaban J connectivity index is 1.89. The number of hydrogen-bond acceptors (Lipinski definition) is 2. The van der Waals surface area contributed by atoms with Crippen molar-refractivity contribution in [3.63, 3.8) is 0 Å². The number of aromatic nitrogens is 1. The van der Waals surface area contributed by atoms with E-state index >= 15 is 0 Å². The molecule has 0 aliphatic carbocycles. The third-order valence-corrected chi connectivity index (χ3v) is 3.44. The number of benzene rings is 2. The lowest BCUT2D eigenvalue weighted by Gasteiger charge is -2.06. The maximum absolute atomic E-state index is 9.64. The molecule has 3 rings (SSSR count). The van der Waals surface area contributed by atoms with Crippen molar-refractivity contribution < 1.29 is 9.84 Å². The van der Waals surface area contributed by atoms with Crippen LogP contribution in [-0.4, -0.2) is 9.67 Å². The first-order valence-electron chi connectivity index (χ1n) is 6.60. The summed E-state index contributed by atoms with van der Waals surface area (Å²) in [6, 6.07) is 13.4. The zero-order chi connectivity index (χ0) is 14.1. The van der Waals surface area contributed by atoms with Crippen LogP contribution in [0.3, 0.4) is 0 Å². The third kappa shape index (κ3) is 2.35. The molecule has 102 valence electrons. The highest BCUT2D eigenvalue weighted by Gasteiger charge is 2.08. The zero-order valence-electron chi connectivity index (χ0n) is 11.6. The summed E-state index contributed by atoms with van der Waals surface area (Å²) in [4.78, 5) is 0. The molecular formula is C17H17NO2. The van der Waals surface area contributed by atoms with E-state index in [-0.39, 0.29) is 5.75 Å². The van der Waals surface area contributed by atoms with Gasteiger partial charge in [0.25, 0.3) is 0 Å². The quantitative estimate of drug-likeness (QED) is 0.783. The molecule has 0 saturated heterocycles. The SMILES string of the molecule is Cc1cccc(OCc2cn(C)c3ccc(O)cc23)c1. The molecule has 0 spiro atoms. The molecule has 0 fully saturated rings. The second-order valence-corrected chi connectivity index (χ2v) is 5.07. The molecule has 0 aliphatic heterocycles. The normalized spacial score (nSPS) is 10.9. The molecular weight excluding hydrogens is 250 g/mol. The van der Waals surface area contributed by atoms with E-state index in [2.05, 4.69) is 0 Å². The molecule has 1 heterocycles. The maximum Gasteiger partial charge on any atom is 0.120 e. The number of fused-ring (bicyclic) bond motifs is 1. The van der Waals surface area contributed by atoms with Crippen LogP contribution in [0.15, 0.2) is 48.7 Å². The van der Waals surface area contributed by atoms with Crippen LogP contribution in [0.25, 0.3) is 10.9 Å². The molecule has 0 amide bonds. The van der Waals surface area contributed by atoms with Gasteiger partial charge in [-0.05, 0) is 42.8 Å². The Morgan fingerprint density at radius 1 is 1.15 bits per heavy atom. The number of phenolic OH excluding ortho intramolecular Hbond substituents is 1. The smallest absolute Gasteiger partial charge is 0.120 e. The van der Waals surface area contributed by atoms with Gasteiger partial charge >= 0.3 is 0 Å². The summed E-state index contributed by atoms with van der Waals surface area (Å²) < 4.78 is 7.88. The predicted octanol–water partition coefficient (Wildman–Crippen LogP) is 3.77. The second-order valence-electron chi connectivity index (χ2n) is 5.07. The maximum atomic E-state index is 9.64. The van der Waals surface area contributed by atoms with Gasteiger partial charge in [-0.1, -0.05) is 12.1 Å². The topological polar surface area (TPSA) is 34.4 Å². The molecule has 0 saturated carbocycles. The first-order chi connectivity index (χ1) is 9.63. The van der Waals surface area contributed by atoms with Crippen LogP contribution in [0, 0.1) is 6.92 Å². The molecule has 0 atom stereocenters. The molecule has 3 nitrogen and oxygen atoms in total. The van der Waals surface area contributed by atoms with Gasteiger partial charge in [-0.25, -0.2) is 0 Å². The monoisotopic (exact) mass is 267 g/mol. The Morgan fingerprint density at radius 2 is 2.00 bits per heavy atom. The first-order valence-corrected chi connectivity index (χ1v) is 6.60. The number of ether oxygens (including phenoxy) is 1. The molecule has 1 aromatic heterocycles. The number of aryl methyl sites for hydroxylation is 2. The van der Waals surface area contributed by atoms with E-state index in [1.165, 1.54) is 5.56 Å². The number of nitrogens with zero attached hydrogens (tertiary/aromatic N) is 1. The number of hydrogen-bond donors (Lipinski definition) is 1. The van der Waals surface area contributed by atoms with E-state index in [0.29, 0.717) is 6.61 Å². The molecule has 0 aliphatic rings. The Labute approximate surface area is 118 Å². The average molecular weight is 267 g/mol. The van der Waals surface area contributed by atoms with E-state index in [4.69, 9.17) is 4.74 Å². The van der Waals surface area contributed by atoms with Crippen LogP contribution in [0.2, 0.25) is 0 Å². The van der Waals surface area contributed by atoms with Gasteiger partial charge in [-0.2, -0.15) is 0 Å².